The zero-order valence-electron chi connectivity index (χ0n) is 11.8. The lowest BCUT2D eigenvalue weighted by atomic mass is 10.2. The van der Waals surface area contributed by atoms with Crippen molar-refractivity contribution in [2.75, 3.05) is 18.0 Å². The number of hydrogen-bond acceptors (Lipinski definition) is 4. The van der Waals surface area contributed by atoms with Crippen LogP contribution < -0.4 is 10.2 Å². The minimum Gasteiger partial charge on any atom is -0.325 e. The van der Waals surface area contributed by atoms with Crippen molar-refractivity contribution < 1.29 is 4.39 Å². The minimum atomic E-state index is -0.252. The van der Waals surface area contributed by atoms with Gasteiger partial charge in [-0.3, -0.25) is 4.98 Å². The van der Waals surface area contributed by atoms with E-state index in [0.717, 1.165) is 23.7 Å². The lowest BCUT2D eigenvalue weighted by Gasteiger charge is -2.21. The van der Waals surface area contributed by atoms with E-state index in [2.05, 4.69) is 15.3 Å². The van der Waals surface area contributed by atoms with E-state index >= 15 is 0 Å². The van der Waals surface area contributed by atoms with E-state index in [-0.39, 0.29) is 5.82 Å². The number of benzene rings is 1. The highest BCUT2D eigenvalue weighted by molar-refractivity contribution is 5.58. The molecule has 0 saturated carbocycles. The van der Waals surface area contributed by atoms with Crippen LogP contribution in [0.15, 0.2) is 36.7 Å². The molecular formula is C15H19FN4. The molecular weight excluding hydrogens is 255 g/mol. The number of aromatic nitrogens is 2. The van der Waals surface area contributed by atoms with Crippen molar-refractivity contribution in [3.05, 3.63) is 48.2 Å². The highest BCUT2D eigenvalue weighted by atomic mass is 19.1. The van der Waals surface area contributed by atoms with Gasteiger partial charge in [0, 0.05) is 18.8 Å². The highest BCUT2D eigenvalue weighted by Crippen LogP contribution is 2.23. The second kappa shape index (κ2) is 6.96. The molecule has 0 atom stereocenters. The summed E-state index contributed by atoms with van der Waals surface area (Å²) in [5.74, 6) is 0.469. The fraction of sp³-hybridized carbons (Fsp3) is 0.333. The lowest BCUT2D eigenvalue weighted by molar-refractivity contribution is 0.627. The molecule has 0 amide bonds. The molecule has 5 heteroatoms. The second-order valence-corrected chi connectivity index (χ2v) is 4.37. The first-order chi connectivity index (χ1) is 9.74. The quantitative estimate of drug-likeness (QED) is 0.879. The van der Waals surface area contributed by atoms with Gasteiger partial charge in [-0.25, -0.2) is 9.37 Å². The summed E-state index contributed by atoms with van der Waals surface area (Å²) in [6, 6.07) is 6.49. The zero-order chi connectivity index (χ0) is 14.4. The van der Waals surface area contributed by atoms with Gasteiger partial charge in [0.1, 0.15) is 5.82 Å². The Bertz CT molecular complexity index is 542. The van der Waals surface area contributed by atoms with Crippen molar-refractivity contribution in [1.82, 2.24) is 15.3 Å². The summed E-state index contributed by atoms with van der Waals surface area (Å²) in [7, 11) is 0. The summed E-state index contributed by atoms with van der Waals surface area (Å²) >= 11 is 0. The topological polar surface area (TPSA) is 41.1 Å². The Kier molecular flexibility index (Phi) is 5.01. The van der Waals surface area contributed by atoms with Crippen LogP contribution in [0.3, 0.4) is 0 Å². The normalized spacial score (nSPS) is 10.6. The lowest BCUT2D eigenvalue weighted by Crippen LogP contribution is -2.19. The van der Waals surface area contributed by atoms with Gasteiger partial charge in [-0.15, -0.1) is 0 Å². The number of nitrogens with zero attached hydrogens (tertiary/aromatic N) is 3. The summed E-state index contributed by atoms with van der Waals surface area (Å²) < 4.78 is 13.3. The molecule has 2 aromatic rings. The molecule has 0 aliphatic heterocycles. The van der Waals surface area contributed by atoms with E-state index in [1.807, 2.05) is 24.8 Å². The van der Waals surface area contributed by atoms with E-state index in [4.69, 9.17) is 0 Å². The molecule has 2 rings (SSSR count). The van der Waals surface area contributed by atoms with Crippen LogP contribution in [-0.4, -0.2) is 23.1 Å². The molecule has 1 heterocycles. The van der Waals surface area contributed by atoms with Crippen LogP contribution in [0.25, 0.3) is 0 Å². The van der Waals surface area contributed by atoms with Crippen LogP contribution in [0.5, 0.6) is 0 Å². The molecule has 0 aliphatic rings. The van der Waals surface area contributed by atoms with Gasteiger partial charge >= 0.3 is 0 Å². The fourth-order valence-corrected chi connectivity index (χ4v) is 1.95. The summed E-state index contributed by atoms with van der Waals surface area (Å²) in [6.07, 6.45) is 3.47. The number of nitrogens with one attached hydrogen (secondary N) is 1. The predicted molar refractivity (Wildman–Crippen MR) is 78.5 cm³/mol. The molecule has 1 aromatic heterocycles. The second-order valence-electron chi connectivity index (χ2n) is 4.37. The maximum atomic E-state index is 13.3. The third-order valence-corrected chi connectivity index (χ3v) is 2.96. The van der Waals surface area contributed by atoms with Gasteiger partial charge in [-0.2, -0.15) is 0 Å². The molecule has 0 fully saturated rings. The van der Waals surface area contributed by atoms with E-state index in [1.54, 1.807) is 18.5 Å². The van der Waals surface area contributed by atoms with Gasteiger partial charge in [0.2, 0.25) is 0 Å². The standard InChI is InChI=1S/C15H19FN4/c1-3-17-9-13-10-19-15(11-18-13)20(4-2)14-7-5-6-12(16)8-14/h5-8,10-11,17H,3-4,9H2,1-2H3. The monoisotopic (exact) mass is 274 g/mol. The van der Waals surface area contributed by atoms with Crippen molar-refractivity contribution in [2.24, 2.45) is 0 Å². The van der Waals surface area contributed by atoms with Gasteiger partial charge < -0.3 is 10.2 Å². The first kappa shape index (κ1) is 14.4. The summed E-state index contributed by atoms with van der Waals surface area (Å²) in [5, 5.41) is 3.20. The Morgan fingerprint density at radius 2 is 2.05 bits per heavy atom. The molecule has 0 aliphatic carbocycles. The number of hydrogen-bond donors (Lipinski definition) is 1. The first-order valence-corrected chi connectivity index (χ1v) is 6.79. The molecule has 1 aromatic carbocycles. The third kappa shape index (κ3) is 3.51. The molecule has 0 saturated heterocycles. The van der Waals surface area contributed by atoms with E-state index < -0.39 is 0 Å². The number of anilines is 2. The molecule has 0 radical (unpaired) electrons. The maximum absolute atomic E-state index is 13.3. The number of rotatable bonds is 6. The minimum absolute atomic E-state index is 0.252. The molecule has 0 unspecified atom stereocenters. The number of halogens is 1. The zero-order valence-corrected chi connectivity index (χ0v) is 11.8. The van der Waals surface area contributed by atoms with Crippen LogP contribution in [0.2, 0.25) is 0 Å². The Morgan fingerprint density at radius 1 is 1.20 bits per heavy atom. The van der Waals surface area contributed by atoms with Crippen molar-refractivity contribution >= 4 is 11.5 Å². The van der Waals surface area contributed by atoms with E-state index in [0.29, 0.717) is 13.1 Å². The van der Waals surface area contributed by atoms with Crippen molar-refractivity contribution in [3.8, 4) is 0 Å². The Labute approximate surface area is 118 Å². The average molecular weight is 274 g/mol. The van der Waals surface area contributed by atoms with Gasteiger partial charge in [0.05, 0.1) is 18.1 Å². The van der Waals surface area contributed by atoms with Gasteiger partial charge in [0.25, 0.3) is 0 Å². The van der Waals surface area contributed by atoms with Crippen LogP contribution in [0.1, 0.15) is 19.5 Å². The Hall–Kier alpha value is -2.01. The fourth-order valence-electron chi connectivity index (χ4n) is 1.95. The molecule has 0 bridgehead atoms. The van der Waals surface area contributed by atoms with Crippen LogP contribution in [0, 0.1) is 5.82 Å². The van der Waals surface area contributed by atoms with E-state index in [9.17, 15) is 4.39 Å². The smallest absolute Gasteiger partial charge is 0.151 e. The van der Waals surface area contributed by atoms with Crippen molar-refractivity contribution in [1.29, 1.82) is 0 Å². The van der Waals surface area contributed by atoms with Gasteiger partial charge in [-0.05, 0) is 31.7 Å². The van der Waals surface area contributed by atoms with Crippen LogP contribution in [-0.2, 0) is 6.54 Å². The predicted octanol–water partition coefficient (Wildman–Crippen LogP) is 2.88. The third-order valence-electron chi connectivity index (χ3n) is 2.96. The Balaban J connectivity index is 2.19. The molecule has 20 heavy (non-hydrogen) atoms. The molecule has 106 valence electrons. The van der Waals surface area contributed by atoms with Crippen molar-refractivity contribution in [2.45, 2.75) is 20.4 Å². The largest absolute Gasteiger partial charge is 0.325 e. The SMILES string of the molecule is CCNCc1cnc(N(CC)c2cccc(F)c2)cn1. The summed E-state index contributed by atoms with van der Waals surface area (Å²) in [5.41, 5.74) is 1.67. The highest BCUT2D eigenvalue weighted by Gasteiger charge is 2.09. The van der Waals surface area contributed by atoms with Crippen LogP contribution >= 0.6 is 0 Å². The first-order valence-electron chi connectivity index (χ1n) is 6.79. The average Bonchev–Trinajstić information content (AvgIpc) is 2.47. The summed E-state index contributed by atoms with van der Waals surface area (Å²) in [6.45, 7) is 6.35. The van der Waals surface area contributed by atoms with Gasteiger partial charge in [0.15, 0.2) is 5.82 Å². The molecule has 4 nitrogen and oxygen atoms in total. The van der Waals surface area contributed by atoms with Crippen molar-refractivity contribution in [3.63, 3.8) is 0 Å². The molecule has 0 spiro atoms. The maximum Gasteiger partial charge on any atom is 0.151 e. The Morgan fingerprint density at radius 3 is 2.65 bits per heavy atom. The van der Waals surface area contributed by atoms with Crippen LogP contribution in [0.4, 0.5) is 15.9 Å². The summed E-state index contributed by atoms with van der Waals surface area (Å²) in [4.78, 5) is 10.7. The van der Waals surface area contributed by atoms with E-state index in [1.165, 1.54) is 12.1 Å². The molecule has 1 N–H and O–H groups in total. The van der Waals surface area contributed by atoms with Gasteiger partial charge in [-0.1, -0.05) is 13.0 Å².